The van der Waals surface area contributed by atoms with Crippen LogP contribution in [0.15, 0.2) is 0 Å². The van der Waals surface area contributed by atoms with Crippen LogP contribution in [0.2, 0.25) is 0 Å². The second-order valence-corrected chi connectivity index (χ2v) is 5.55. The second-order valence-electron chi connectivity index (χ2n) is 5.55. The van der Waals surface area contributed by atoms with E-state index in [2.05, 4.69) is 20.8 Å². The van der Waals surface area contributed by atoms with Crippen molar-refractivity contribution in [2.75, 3.05) is 6.61 Å². The highest BCUT2D eigenvalue weighted by Gasteiger charge is 2.32. The second kappa shape index (κ2) is 4.97. The van der Waals surface area contributed by atoms with Crippen LogP contribution in [0.4, 0.5) is 0 Å². The Labute approximate surface area is 91.8 Å². The van der Waals surface area contributed by atoms with Gasteiger partial charge in [0.2, 0.25) is 0 Å². The molecule has 1 saturated carbocycles. The number of carboxylic acids is 1. The normalized spacial score (nSPS) is 30.1. The van der Waals surface area contributed by atoms with Crippen molar-refractivity contribution in [2.24, 2.45) is 11.3 Å². The molecule has 1 rings (SSSR count). The number of ether oxygens (including phenoxy) is 1. The van der Waals surface area contributed by atoms with E-state index in [4.69, 9.17) is 9.84 Å². The van der Waals surface area contributed by atoms with Crippen LogP contribution in [0.5, 0.6) is 0 Å². The molecular formula is C12H22O3. The van der Waals surface area contributed by atoms with Crippen molar-refractivity contribution in [3.8, 4) is 0 Å². The van der Waals surface area contributed by atoms with Crippen LogP contribution in [0, 0.1) is 11.3 Å². The van der Waals surface area contributed by atoms with Gasteiger partial charge >= 0.3 is 5.97 Å². The van der Waals surface area contributed by atoms with Crippen LogP contribution in [0.25, 0.3) is 0 Å². The minimum Gasteiger partial charge on any atom is -0.481 e. The molecule has 0 aromatic carbocycles. The minimum atomic E-state index is -0.780. The summed E-state index contributed by atoms with van der Waals surface area (Å²) in [6.45, 7) is 7.11. The summed E-state index contributed by atoms with van der Waals surface area (Å²) in [6, 6.07) is 0. The summed E-state index contributed by atoms with van der Waals surface area (Å²) < 4.78 is 5.62. The Bertz CT molecular complexity index is 223. The van der Waals surface area contributed by atoms with Crippen LogP contribution in [-0.4, -0.2) is 23.8 Å². The lowest BCUT2D eigenvalue weighted by Crippen LogP contribution is -2.33. The average Bonchev–Trinajstić information content (AvgIpc) is 1.98. The van der Waals surface area contributed by atoms with Gasteiger partial charge in [0.05, 0.1) is 19.1 Å². The number of rotatable bonds is 4. The van der Waals surface area contributed by atoms with Gasteiger partial charge in [-0.25, -0.2) is 0 Å². The first kappa shape index (κ1) is 12.5. The fourth-order valence-electron chi connectivity index (χ4n) is 2.70. The van der Waals surface area contributed by atoms with Crippen molar-refractivity contribution in [1.82, 2.24) is 0 Å². The van der Waals surface area contributed by atoms with Crippen molar-refractivity contribution in [3.05, 3.63) is 0 Å². The molecule has 0 aromatic heterocycles. The van der Waals surface area contributed by atoms with Gasteiger partial charge < -0.3 is 9.84 Å². The molecule has 0 heterocycles. The molecule has 15 heavy (non-hydrogen) atoms. The van der Waals surface area contributed by atoms with E-state index in [-0.39, 0.29) is 12.5 Å². The molecule has 88 valence electrons. The summed E-state index contributed by atoms with van der Waals surface area (Å²) in [7, 11) is 0. The van der Waals surface area contributed by atoms with Crippen LogP contribution in [-0.2, 0) is 9.53 Å². The maximum Gasteiger partial charge on any atom is 0.305 e. The summed E-state index contributed by atoms with van der Waals surface area (Å²) in [5.74, 6) is -0.0957. The Hall–Kier alpha value is -0.570. The van der Waals surface area contributed by atoms with E-state index in [0.717, 1.165) is 12.8 Å². The molecule has 0 amide bonds. The molecule has 0 spiro atoms. The summed E-state index contributed by atoms with van der Waals surface area (Å²) in [6.07, 6.45) is 3.74. The SMILES string of the molecule is CC1CC(OCCC(=O)O)CC(C)(C)C1. The molecule has 0 aromatic rings. The van der Waals surface area contributed by atoms with Gasteiger partial charge in [-0.15, -0.1) is 0 Å². The third-order valence-electron chi connectivity index (χ3n) is 3.02. The number of carboxylic acid groups (broad SMARTS) is 1. The predicted octanol–water partition coefficient (Wildman–Crippen LogP) is 2.69. The van der Waals surface area contributed by atoms with Crippen molar-refractivity contribution in [1.29, 1.82) is 0 Å². The Morgan fingerprint density at radius 1 is 1.47 bits per heavy atom. The third kappa shape index (κ3) is 4.65. The van der Waals surface area contributed by atoms with Gasteiger partial charge in [-0.2, -0.15) is 0 Å². The molecule has 0 bridgehead atoms. The van der Waals surface area contributed by atoms with Crippen LogP contribution >= 0.6 is 0 Å². The van der Waals surface area contributed by atoms with E-state index in [1.54, 1.807) is 0 Å². The summed E-state index contributed by atoms with van der Waals surface area (Å²) in [5, 5.41) is 8.52. The molecular weight excluding hydrogens is 192 g/mol. The third-order valence-corrected chi connectivity index (χ3v) is 3.02. The number of aliphatic carboxylic acids is 1. The lowest BCUT2D eigenvalue weighted by molar-refractivity contribution is -0.139. The smallest absolute Gasteiger partial charge is 0.305 e. The molecule has 2 atom stereocenters. The zero-order chi connectivity index (χ0) is 11.5. The van der Waals surface area contributed by atoms with Crippen LogP contribution in [0.1, 0.15) is 46.5 Å². The monoisotopic (exact) mass is 214 g/mol. The van der Waals surface area contributed by atoms with Gasteiger partial charge in [-0.05, 0) is 30.6 Å². The van der Waals surface area contributed by atoms with Crippen LogP contribution in [0.3, 0.4) is 0 Å². The van der Waals surface area contributed by atoms with Crippen LogP contribution < -0.4 is 0 Å². The van der Waals surface area contributed by atoms with Crippen molar-refractivity contribution in [3.63, 3.8) is 0 Å². The predicted molar refractivity (Wildman–Crippen MR) is 58.8 cm³/mol. The first-order valence-corrected chi connectivity index (χ1v) is 5.72. The fraction of sp³-hybridized carbons (Fsp3) is 0.917. The quantitative estimate of drug-likeness (QED) is 0.782. The lowest BCUT2D eigenvalue weighted by Gasteiger charge is -2.38. The van der Waals surface area contributed by atoms with Crippen molar-refractivity contribution < 1.29 is 14.6 Å². The number of hydrogen-bond donors (Lipinski definition) is 1. The zero-order valence-electron chi connectivity index (χ0n) is 9.95. The highest BCUT2D eigenvalue weighted by Crippen LogP contribution is 2.39. The molecule has 1 N–H and O–H groups in total. The Morgan fingerprint density at radius 3 is 2.67 bits per heavy atom. The molecule has 0 saturated heterocycles. The van der Waals surface area contributed by atoms with Gasteiger partial charge in [0.1, 0.15) is 0 Å². The van der Waals surface area contributed by atoms with E-state index in [9.17, 15) is 4.79 Å². The van der Waals surface area contributed by atoms with Crippen molar-refractivity contribution >= 4 is 5.97 Å². The summed E-state index contributed by atoms with van der Waals surface area (Å²) in [4.78, 5) is 10.4. The highest BCUT2D eigenvalue weighted by molar-refractivity contribution is 5.66. The van der Waals surface area contributed by atoms with Gasteiger partial charge in [0, 0.05) is 0 Å². The molecule has 3 nitrogen and oxygen atoms in total. The molecule has 3 heteroatoms. The minimum absolute atomic E-state index is 0.116. The van der Waals surface area contributed by atoms with E-state index in [1.165, 1.54) is 6.42 Å². The number of carbonyl (C=O) groups is 1. The first-order valence-electron chi connectivity index (χ1n) is 5.72. The first-order chi connectivity index (χ1) is 6.89. The average molecular weight is 214 g/mol. The summed E-state index contributed by atoms with van der Waals surface area (Å²) >= 11 is 0. The topological polar surface area (TPSA) is 46.5 Å². The number of hydrogen-bond acceptors (Lipinski definition) is 2. The molecule has 0 radical (unpaired) electrons. The van der Waals surface area contributed by atoms with Crippen molar-refractivity contribution in [2.45, 2.75) is 52.6 Å². The highest BCUT2D eigenvalue weighted by atomic mass is 16.5. The zero-order valence-corrected chi connectivity index (χ0v) is 9.95. The molecule has 2 unspecified atom stereocenters. The van der Waals surface area contributed by atoms with E-state index in [1.807, 2.05) is 0 Å². The Kier molecular flexibility index (Phi) is 4.14. The Morgan fingerprint density at radius 2 is 2.13 bits per heavy atom. The summed E-state index contributed by atoms with van der Waals surface area (Å²) in [5.41, 5.74) is 0.339. The standard InChI is InChI=1S/C12H22O3/c1-9-6-10(8-12(2,3)7-9)15-5-4-11(13)14/h9-10H,4-8H2,1-3H3,(H,13,14). The van der Waals surface area contributed by atoms with E-state index >= 15 is 0 Å². The molecule has 1 aliphatic carbocycles. The Balaban J connectivity index is 2.32. The maximum absolute atomic E-state index is 10.4. The van der Waals surface area contributed by atoms with Gasteiger partial charge in [-0.3, -0.25) is 4.79 Å². The van der Waals surface area contributed by atoms with Gasteiger partial charge in [-0.1, -0.05) is 20.8 Å². The fourth-order valence-corrected chi connectivity index (χ4v) is 2.70. The maximum atomic E-state index is 10.4. The molecule has 1 aliphatic rings. The van der Waals surface area contributed by atoms with E-state index in [0.29, 0.717) is 17.9 Å². The van der Waals surface area contributed by atoms with E-state index < -0.39 is 5.97 Å². The molecule has 0 aliphatic heterocycles. The van der Waals surface area contributed by atoms with Gasteiger partial charge in [0.25, 0.3) is 0 Å². The van der Waals surface area contributed by atoms with Gasteiger partial charge in [0.15, 0.2) is 0 Å². The largest absolute Gasteiger partial charge is 0.481 e. The lowest BCUT2D eigenvalue weighted by atomic mass is 9.71. The molecule has 1 fully saturated rings.